The zero-order valence-electron chi connectivity index (χ0n) is 35.3. The maximum Gasteiger partial charge on any atom is 0.306 e. The summed E-state index contributed by atoms with van der Waals surface area (Å²) in [5.74, 6) is -0.875. The first-order chi connectivity index (χ1) is 26.5. The van der Waals surface area contributed by atoms with Gasteiger partial charge in [-0.15, -0.1) is 0 Å². The van der Waals surface area contributed by atoms with Crippen LogP contribution in [0.3, 0.4) is 0 Å². The lowest BCUT2D eigenvalue weighted by Crippen LogP contribution is -2.37. The van der Waals surface area contributed by atoms with Crippen LogP contribution in [-0.2, 0) is 32.7 Å². The second-order valence-electron chi connectivity index (χ2n) is 15.0. The van der Waals surface area contributed by atoms with E-state index in [0.29, 0.717) is 17.4 Å². The zero-order chi connectivity index (χ0) is 40.7. The Morgan fingerprint density at radius 1 is 0.582 bits per heavy atom. The van der Waals surface area contributed by atoms with Crippen LogP contribution in [0.5, 0.6) is 0 Å². The molecule has 0 aliphatic heterocycles. The SMILES string of the molecule is CC/C=C\C/C=C\C/C=C\C/C=C\C/C=C\C/C=C\CCCCCCC(=O)OC(COC(=O)CCCCCCCCCC)COP(=O)([O-])OCC[N+](C)(C)C. The van der Waals surface area contributed by atoms with Crippen molar-refractivity contribution in [2.24, 2.45) is 0 Å². The van der Waals surface area contributed by atoms with Crippen molar-refractivity contribution >= 4 is 19.8 Å². The fourth-order valence-corrected chi connectivity index (χ4v) is 5.91. The van der Waals surface area contributed by atoms with Gasteiger partial charge in [-0.2, -0.15) is 0 Å². The lowest BCUT2D eigenvalue weighted by Gasteiger charge is -2.28. The topological polar surface area (TPSA) is 111 Å². The normalized spacial score (nSPS) is 14.4. The molecule has 0 aliphatic carbocycles. The summed E-state index contributed by atoms with van der Waals surface area (Å²) in [5, 5.41) is 0. The lowest BCUT2D eigenvalue weighted by atomic mass is 10.1. The number of esters is 2. The monoisotopic (exact) mass is 792 g/mol. The molecule has 2 atom stereocenters. The van der Waals surface area contributed by atoms with Crippen LogP contribution in [0.25, 0.3) is 0 Å². The predicted molar refractivity (Wildman–Crippen MR) is 226 cm³/mol. The predicted octanol–water partition coefficient (Wildman–Crippen LogP) is 11.2. The van der Waals surface area contributed by atoms with E-state index in [1.165, 1.54) is 32.1 Å². The molecule has 0 spiro atoms. The molecular weight excluding hydrogens is 713 g/mol. The Hall–Kier alpha value is -2.55. The van der Waals surface area contributed by atoms with Crippen LogP contribution in [0.15, 0.2) is 72.9 Å². The van der Waals surface area contributed by atoms with Gasteiger partial charge >= 0.3 is 11.9 Å². The standard InChI is InChI=1S/C45H78NO8P/c1-6-8-10-12-14-16-17-18-19-20-21-22-23-24-25-26-27-28-29-30-32-34-36-38-45(48)54-43(42-53-55(49,50)52-40-39-46(3,4)5)41-51-44(47)37-35-33-31-15-13-11-9-7-2/h8,10,14,16,18-19,21-22,24-25,27-28,43H,6-7,9,11-13,15,17,20,23,26,29-42H2,1-5H3/b10-8-,16-14-,19-18-,22-21-,25-24-,28-27-. The van der Waals surface area contributed by atoms with Gasteiger partial charge in [0.25, 0.3) is 7.82 Å². The van der Waals surface area contributed by atoms with Gasteiger partial charge in [0.2, 0.25) is 0 Å². The Balaban J connectivity index is 4.36. The molecule has 55 heavy (non-hydrogen) atoms. The van der Waals surface area contributed by atoms with Crippen LogP contribution in [0.2, 0.25) is 0 Å². The number of phosphoric acid groups is 1. The van der Waals surface area contributed by atoms with E-state index in [1.807, 2.05) is 21.1 Å². The first kappa shape index (κ1) is 52.5. The average Bonchev–Trinajstić information content (AvgIpc) is 3.13. The molecule has 0 amide bonds. The summed E-state index contributed by atoms with van der Waals surface area (Å²) in [6.07, 6.45) is 45.1. The first-order valence-electron chi connectivity index (χ1n) is 21.1. The van der Waals surface area contributed by atoms with Crippen LogP contribution in [0, 0.1) is 0 Å². The smallest absolute Gasteiger partial charge is 0.306 e. The highest BCUT2D eigenvalue weighted by Gasteiger charge is 2.21. The van der Waals surface area contributed by atoms with Crippen molar-refractivity contribution in [1.29, 1.82) is 0 Å². The summed E-state index contributed by atoms with van der Waals surface area (Å²) in [6.45, 7) is 4.02. The van der Waals surface area contributed by atoms with E-state index in [1.54, 1.807) is 0 Å². The average molecular weight is 792 g/mol. The van der Waals surface area contributed by atoms with Gasteiger partial charge in [-0.3, -0.25) is 14.2 Å². The summed E-state index contributed by atoms with van der Waals surface area (Å²) in [7, 11) is 1.13. The number of carbonyl (C=O) groups is 2. The molecule has 9 nitrogen and oxygen atoms in total. The van der Waals surface area contributed by atoms with Crippen molar-refractivity contribution in [3.8, 4) is 0 Å². The number of hydrogen-bond donors (Lipinski definition) is 0. The minimum Gasteiger partial charge on any atom is -0.756 e. The van der Waals surface area contributed by atoms with Crippen molar-refractivity contribution in [2.45, 2.75) is 155 Å². The van der Waals surface area contributed by atoms with Crippen LogP contribution < -0.4 is 4.89 Å². The number of nitrogens with zero attached hydrogens (tertiary/aromatic N) is 1. The van der Waals surface area contributed by atoms with Crippen LogP contribution in [-0.4, -0.2) is 70.0 Å². The molecule has 0 bridgehead atoms. The molecule has 0 aromatic rings. The fraction of sp³-hybridized carbons (Fsp3) is 0.689. The zero-order valence-corrected chi connectivity index (χ0v) is 36.2. The van der Waals surface area contributed by atoms with Crippen LogP contribution in [0.1, 0.15) is 149 Å². The Morgan fingerprint density at radius 3 is 1.55 bits per heavy atom. The van der Waals surface area contributed by atoms with E-state index in [2.05, 4.69) is 86.8 Å². The van der Waals surface area contributed by atoms with Crippen molar-refractivity contribution < 1.29 is 42.1 Å². The van der Waals surface area contributed by atoms with Crippen LogP contribution in [0.4, 0.5) is 0 Å². The Bertz CT molecular complexity index is 1170. The van der Waals surface area contributed by atoms with Gasteiger partial charge in [-0.05, 0) is 64.2 Å². The van der Waals surface area contributed by atoms with Crippen LogP contribution >= 0.6 is 7.82 Å². The summed E-state index contributed by atoms with van der Waals surface area (Å²) >= 11 is 0. The lowest BCUT2D eigenvalue weighted by molar-refractivity contribution is -0.870. The van der Waals surface area contributed by atoms with E-state index in [9.17, 15) is 19.0 Å². The van der Waals surface area contributed by atoms with Gasteiger partial charge in [0.05, 0.1) is 27.7 Å². The molecule has 2 unspecified atom stereocenters. The molecule has 0 aliphatic rings. The highest BCUT2D eigenvalue weighted by atomic mass is 31.2. The molecule has 10 heteroatoms. The maximum absolute atomic E-state index is 12.6. The highest BCUT2D eigenvalue weighted by molar-refractivity contribution is 7.45. The Morgan fingerprint density at radius 2 is 1.04 bits per heavy atom. The fourth-order valence-electron chi connectivity index (χ4n) is 5.19. The number of phosphoric ester groups is 1. The number of hydrogen-bond acceptors (Lipinski definition) is 8. The molecule has 0 heterocycles. The summed E-state index contributed by atoms with van der Waals surface area (Å²) < 4.78 is 33.7. The molecule has 0 saturated carbocycles. The molecule has 0 rings (SSSR count). The second kappa shape index (κ2) is 37.1. The first-order valence-corrected chi connectivity index (χ1v) is 22.6. The minimum atomic E-state index is -4.63. The number of unbranched alkanes of at least 4 members (excludes halogenated alkanes) is 11. The largest absolute Gasteiger partial charge is 0.756 e. The Labute approximate surface area is 336 Å². The molecule has 0 aromatic carbocycles. The third-order valence-corrected chi connectivity index (χ3v) is 9.46. The third-order valence-electron chi connectivity index (χ3n) is 8.49. The minimum absolute atomic E-state index is 0.0393. The molecular formula is C45H78NO8P. The Kier molecular flexibility index (Phi) is 35.3. The molecule has 0 radical (unpaired) electrons. The number of carbonyl (C=O) groups excluding carboxylic acids is 2. The third kappa shape index (κ3) is 40.9. The summed E-state index contributed by atoms with van der Waals surface area (Å²) in [6, 6.07) is 0. The van der Waals surface area contributed by atoms with Crippen molar-refractivity contribution in [1.82, 2.24) is 0 Å². The molecule has 0 aromatic heterocycles. The second-order valence-corrected chi connectivity index (χ2v) is 16.4. The molecule has 0 N–H and O–H groups in total. The number of likely N-dealkylation sites (N-methyl/N-ethyl adjacent to an activating group) is 1. The molecule has 0 saturated heterocycles. The van der Waals surface area contributed by atoms with Gasteiger partial charge in [-0.25, -0.2) is 0 Å². The van der Waals surface area contributed by atoms with E-state index in [0.717, 1.165) is 83.5 Å². The number of rotatable bonds is 37. The summed E-state index contributed by atoms with van der Waals surface area (Å²) in [4.78, 5) is 37.3. The highest BCUT2D eigenvalue weighted by Crippen LogP contribution is 2.38. The molecule has 316 valence electrons. The van der Waals surface area contributed by atoms with Gasteiger partial charge in [0.15, 0.2) is 6.10 Å². The van der Waals surface area contributed by atoms with E-state index < -0.39 is 32.5 Å². The number of allylic oxidation sites excluding steroid dienone is 12. The maximum atomic E-state index is 12.6. The van der Waals surface area contributed by atoms with E-state index in [-0.39, 0.29) is 26.1 Å². The van der Waals surface area contributed by atoms with E-state index in [4.69, 9.17) is 18.5 Å². The van der Waals surface area contributed by atoms with E-state index >= 15 is 0 Å². The van der Waals surface area contributed by atoms with Gasteiger partial charge < -0.3 is 27.9 Å². The van der Waals surface area contributed by atoms with Crippen molar-refractivity contribution in [3.05, 3.63) is 72.9 Å². The molecule has 0 fully saturated rings. The van der Waals surface area contributed by atoms with Gasteiger partial charge in [-0.1, -0.05) is 145 Å². The van der Waals surface area contributed by atoms with Crippen molar-refractivity contribution in [2.75, 3.05) is 47.5 Å². The van der Waals surface area contributed by atoms with Gasteiger partial charge in [0, 0.05) is 12.8 Å². The van der Waals surface area contributed by atoms with Gasteiger partial charge in [0.1, 0.15) is 19.8 Å². The quantitative estimate of drug-likeness (QED) is 0.0201. The van der Waals surface area contributed by atoms with Crippen molar-refractivity contribution in [3.63, 3.8) is 0 Å². The number of quaternary nitrogens is 1. The number of ether oxygens (including phenoxy) is 2. The summed E-state index contributed by atoms with van der Waals surface area (Å²) in [5.41, 5.74) is 0.